The molecule has 3 heteroatoms. The van der Waals surface area contributed by atoms with Gasteiger partial charge < -0.3 is 5.32 Å². The van der Waals surface area contributed by atoms with Gasteiger partial charge in [-0.2, -0.15) is 0 Å². The van der Waals surface area contributed by atoms with Crippen molar-refractivity contribution in [3.63, 3.8) is 0 Å². The summed E-state index contributed by atoms with van der Waals surface area (Å²) in [5, 5.41) is 4.08. The van der Waals surface area contributed by atoms with Gasteiger partial charge in [0.25, 0.3) is 0 Å². The Hall–Kier alpha value is -1.28. The lowest BCUT2D eigenvalue weighted by Gasteiger charge is -2.29. The molecule has 0 spiro atoms. The predicted molar refractivity (Wildman–Crippen MR) is 74.4 cm³/mol. The van der Waals surface area contributed by atoms with Crippen molar-refractivity contribution in [1.82, 2.24) is 5.32 Å². The van der Waals surface area contributed by atoms with Crippen molar-refractivity contribution in [1.29, 1.82) is 0 Å². The van der Waals surface area contributed by atoms with Gasteiger partial charge in [-0.1, -0.05) is 37.6 Å². The molecule has 96 valence electrons. The maximum absolute atomic E-state index is 11.6. The van der Waals surface area contributed by atoms with E-state index < -0.39 is 0 Å². The summed E-state index contributed by atoms with van der Waals surface area (Å²) in [5.74, 6) is 0.213. The topological polar surface area (TPSA) is 29.1 Å². The van der Waals surface area contributed by atoms with Crippen LogP contribution in [0.5, 0.6) is 0 Å². The lowest BCUT2D eigenvalue weighted by molar-refractivity contribution is -0.117. The smallest absolute Gasteiger partial charge is 0.157 e. The van der Waals surface area contributed by atoms with Gasteiger partial charge in [-0.05, 0) is 29.5 Å². The van der Waals surface area contributed by atoms with Crippen molar-refractivity contribution < 1.29 is 4.79 Å². The number of hydrogen-bond donors (Lipinski definition) is 1. The van der Waals surface area contributed by atoms with E-state index in [0.29, 0.717) is 6.42 Å². The summed E-state index contributed by atoms with van der Waals surface area (Å²) in [6, 6.07) is 7.74. The number of nitrogens with one attached hydrogen (secondary N) is 1. The highest BCUT2D eigenvalue weighted by molar-refractivity contribution is 6.30. The number of allylic oxidation sites excluding steroid dienone is 2. The van der Waals surface area contributed by atoms with Crippen molar-refractivity contribution in [2.24, 2.45) is 5.41 Å². The van der Waals surface area contributed by atoms with E-state index in [1.807, 2.05) is 24.3 Å². The molecule has 1 N–H and O–H groups in total. The van der Waals surface area contributed by atoms with Crippen LogP contribution in [0, 0.1) is 5.41 Å². The summed E-state index contributed by atoms with van der Waals surface area (Å²) in [4.78, 5) is 11.6. The van der Waals surface area contributed by atoms with Crippen molar-refractivity contribution in [3.05, 3.63) is 46.6 Å². The molecule has 0 aromatic heterocycles. The van der Waals surface area contributed by atoms with E-state index in [1.165, 1.54) is 0 Å². The molecule has 0 amide bonds. The van der Waals surface area contributed by atoms with Gasteiger partial charge in [-0.3, -0.25) is 4.79 Å². The third kappa shape index (κ3) is 3.61. The first-order valence-electron chi connectivity index (χ1n) is 6.16. The Morgan fingerprint density at radius 1 is 1.22 bits per heavy atom. The minimum atomic E-state index is 0.0637. The zero-order valence-corrected chi connectivity index (χ0v) is 11.6. The molecule has 18 heavy (non-hydrogen) atoms. The van der Waals surface area contributed by atoms with Crippen LogP contribution in [0.15, 0.2) is 36.0 Å². The van der Waals surface area contributed by atoms with E-state index in [-0.39, 0.29) is 11.2 Å². The summed E-state index contributed by atoms with van der Waals surface area (Å²) in [6.45, 7) is 4.98. The van der Waals surface area contributed by atoms with Crippen LogP contribution in [-0.4, -0.2) is 5.78 Å². The normalized spacial score (nSPS) is 18.4. The summed E-state index contributed by atoms with van der Waals surface area (Å²) in [7, 11) is 0. The molecule has 0 heterocycles. The molecular formula is C15H18ClNO. The molecule has 0 unspecified atom stereocenters. The molecule has 0 fully saturated rings. The molecule has 0 saturated heterocycles. The van der Waals surface area contributed by atoms with E-state index in [0.717, 1.165) is 29.2 Å². The van der Waals surface area contributed by atoms with Crippen LogP contribution in [0.25, 0.3) is 0 Å². The molecule has 2 rings (SSSR count). The van der Waals surface area contributed by atoms with Gasteiger partial charge in [-0.25, -0.2) is 0 Å². The zero-order chi connectivity index (χ0) is 13.2. The number of carbonyl (C=O) groups is 1. The standard InChI is InChI=1S/C15H18ClNO/c1-15(2)8-13(7-14(18)9-15)17-10-11-3-5-12(16)6-4-11/h3-7,17H,8-10H2,1-2H3. The molecule has 2 nitrogen and oxygen atoms in total. The van der Waals surface area contributed by atoms with Gasteiger partial charge >= 0.3 is 0 Å². The lowest BCUT2D eigenvalue weighted by Crippen LogP contribution is -2.27. The highest BCUT2D eigenvalue weighted by atomic mass is 35.5. The Morgan fingerprint density at radius 2 is 1.89 bits per heavy atom. The SMILES string of the molecule is CC1(C)CC(=O)C=C(NCc2ccc(Cl)cc2)C1. The summed E-state index contributed by atoms with van der Waals surface area (Å²) >= 11 is 5.84. The summed E-state index contributed by atoms with van der Waals surface area (Å²) in [6.07, 6.45) is 3.30. The van der Waals surface area contributed by atoms with Crippen molar-refractivity contribution in [3.8, 4) is 0 Å². The van der Waals surface area contributed by atoms with E-state index in [1.54, 1.807) is 6.08 Å². The molecule has 1 aromatic rings. The maximum atomic E-state index is 11.6. The number of benzene rings is 1. The average molecular weight is 264 g/mol. The van der Waals surface area contributed by atoms with Crippen molar-refractivity contribution in [2.75, 3.05) is 0 Å². The number of rotatable bonds is 3. The highest BCUT2D eigenvalue weighted by Crippen LogP contribution is 2.32. The molecule has 1 aliphatic rings. The summed E-state index contributed by atoms with van der Waals surface area (Å²) in [5.41, 5.74) is 2.26. The van der Waals surface area contributed by atoms with Crippen LogP contribution in [0.1, 0.15) is 32.3 Å². The molecule has 1 aromatic carbocycles. The molecular weight excluding hydrogens is 246 g/mol. The van der Waals surface area contributed by atoms with E-state index in [9.17, 15) is 4.79 Å². The first-order chi connectivity index (χ1) is 8.44. The van der Waals surface area contributed by atoms with Crippen LogP contribution in [-0.2, 0) is 11.3 Å². The second-order valence-corrected chi connectivity index (χ2v) is 6.07. The molecule has 0 bridgehead atoms. The van der Waals surface area contributed by atoms with Crippen LogP contribution in [0.2, 0.25) is 5.02 Å². The van der Waals surface area contributed by atoms with Gasteiger partial charge in [0.1, 0.15) is 0 Å². The first kappa shape index (κ1) is 13.2. The minimum Gasteiger partial charge on any atom is -0.384 e. The number of carbonyl (C=O) groups excluding carboxylic acids is 1. The Balaban J connectivity index is 1.98. The fourth-order valence-corrected chi connectivity index (χ4v) is 2.40. The molecule has 0 aliphatic heterocycles. The molecule has 1 aliphatic carbocycles. The fraction of sp³-hybridized carbons (Fsp3) is 0.400. The zero-order valence-electron chi connectivity index (χ0n) is 10.8. The first-order valence-corrected chi connectivity index (χ1v) is 6.54. The molecule has 0 saturated carbocycles. The van der Waals surface area contributed by atoms with Crippen molar-refractivity contribution >= 4 is 17.4 Å². The van der Waals surface area contributed by atoms with E-state index in [2.05, 4.69) is 19.2 Å². The van der Waals surface area contributed by atoms with Crippen molar-refractivity contribution in [2.45, 2.75) is 33.2 Å². The third-order valence-corrected chi connectivity index (χ3v) is 3.34. The van der Waals surface area contributed by atoms with Gasteiger partial charge in [0.05, 0.1) is 0 Å². The average Bonchev–Trinajstić information content (AvgIpc) is 2.25. The van der Waals surface area contributed by atoms with E-state index >= 15 is 0 Å². The summed E-state index contributed by atoms with van der Waals surface area (Å²) < 4.78 is 0. The molecule has 0 radical (unpaired) electrons. The van der Waals surface area contributed by atoms with Gasteiger partial charge in [-0.15, -0.1) is 0 Å². The van der Waals surface area contributed by atoms with Crippen LogP contribution < -0.4 is 5.32 Å². The number of ketones is 1. The number of hydrogen-bond acceptors (Lipinski definition) is 2. The molecule has 0 atom stereocenters. The number of halogens is 1. The van der Waals surface area contributed by atoms with Gasteiger partial charge in [0.15, 0.2) is 5.78 Å². The quantitative estimate of drug-likeness (QED) is 0.901. The Kier molecular flexibility index (Phi) is 3.76. The maximum Gasteiger partial charge on any atom is 0.157 e. The second kappa shape index (κ2) is 5.15. The largest absolute Gasteiger partial charge is 0.384 e. The monoisotopic (exact) mass is 263 g/mol. The lowest BCUT2D eigenvalue weighted by atomic mass is 9.79. The Bertz CT molecular complexity index is 474. The van der Waals surface area contributed by atoms with Crippen LogP contribution in [0.4, 0.5) is 0 Å². The van der Waals surface area contributed by atoms with Gasteiger partial charge in [0, 0.05) is 29.8 Å². The fourth-order valence-electron chi connectivity index (χ4n) is 2.28. The second-order valence-electron chi connectivity index (χ2n) is 5.63. The Morgan fingerprint density at radius 3 is 2.50 bits per heavy atom. The third-order valence-electron chi connectivity index (χ3n) is 3.09. The minimum absolute atomic E-state index is 0.0637. The van der Waals surface area contributed by atoms with E-state index in [4.69, 9.17) is 11.6 Å². The predicted octanol–water partition coefficient (Wildman–Crippen LogP) is 3.70. The van der Waals surface area contributed by atoms with Gasteiger partial charge in [0.2, 0.25) is 0 Å². The van der Waals surface area contributed by atoms with Crippen LogP contribution in [0.3, 0.4) is 0 Å². The Labute approximate surface area is 113 Å². The highest BCUT2D eigenvalue weighted by Gasteiger charge is 2.27. The van der Waals surface area contributed by atoms with Crippen LogP contribution >= 0.6 is 11.6 Å².